The quantitative estimate of drug-likeness (QED) is 0.547. The van der Waals surface area contributed by atoms with Crippen LogP contribution < -0.4 is 10.6 Å². The van der Waals surface area contributed by atoms with Gasteiger partial charge in [-0.2, -0.15) is 0 Å². The summed E-state index contributed by atoms with van der Waals surface area (Å²) in [5.74, 6) is 1.61. The number of allylic oxidation sites excluding steroid dienone is 2. The molecule has 5 unspecified atom stereocenters. The van der Waals surface area contributed by atoms with E-state index in [1.54, 1.807) is 11.8 Å². The van der Waals surface area contributed by atoms with E-state index in [1.165, 1.54) is 4.90 Å². The van der Waals surface area contributed by atoms with E-state index < -0.39 is 0 Å². The Morgan fingerprint density at radius 2 is 1.91 bits per heavy atom. The predicted molar refractivity (Wildman–Crippen MR) is 88.9 cm³/mol. The number of nitrogens with one attached hydrogen (secondary N) is 2. The molecule has 2 aliphatic carbocycles. The van der Waals surface area contributed by atoms with E-state index in [2.05, 4.69) is 22.8 Å². The summed E-state index contributed by atoms with van der Waals surface area (Å²) in [6.07, 6.45) is 5.12. The number of hydrogen-bond acceptors (Lipinski definition) is 5. The molecule has 126 valence electrons. The molecule has 0 radical (unpaired) electrons. The Morgan fingerprint density at radius 3 is 2.48 bits per heavy atom. The Hall–Kier alpha value is -1.05. The molecule has 2 saturated heterocycles. The lowest BCUT2D eigenvalue weighted by molar-refractivity contribution is -0.141. The minimum absolute atomic E-state index is 0. The second-order valence-electron chi connectivity index (χ2n) is 6.39. The van der Waals surface area contributed by atoms with Gasteiger partial charge in [0.05, 0.1) is 17.9 Å². The van der Waals surface area contributed by atoms with Crippen molar-refractivity contribution in [3.63, 3.8) is 0 Å². The maximum atomic E-state index is 12.5. The van der Waals surface area contributed by atoms with E-state index in [-0.39, 0.29) is 66.4 Å². The highest BCUT2D eigenvalue weighted by Gasteiger charge is 2.58. The van der Waals surface area contributed by atoms with Gasteiger partial charge >= 0.3 is 0 Å². The van der Waals surface area contributed by atoms with Crippen molar-refractivity contribution in [2.45, 2.75) is 12.5 Å². The Morgan fingerprint density at radius 1 is 1.26 bits per heavy atom. The summed E-state index contributed by atoms with van der Waals surface area (Å²) in [7, 11) is 0. The van der Waals surface area contributed by atoms with Crippen molar-refractivity contribution in [2.75, 3.05) is 24.7 Å². The molecule has 0 aromatic rings. The van der Waals surface area contributed by atoms with Crippen LogP contribution in [0.2, 0.25) is 0 Å². The van der Waals surface area contributed by atoms with Gasteiger partial charge in [-0.3, -0.25) is 24.6 Å². The number of nitrogens with zero attached hydrogens (tertiary/aromatic N) is 1. The number of halogens is 1. The molecule has 0 aromatic carbocycles. The first-order valence-electron chi connectivity index (χ1n) is 7.79. The van der Waals surface area contributed by atoms with Gasteiger partial charge in [-0.25, -0.2) is 0 Å². The molecule has 3 amide bonds. The molecule has 1 saturated carbocycles. The number of likely N-dealkylation sites (tertiary alicyclic amines) is 1. The zero-order valence-corrected chi connectivity index (χ0v) is 14.2. The number of carbonyl (C=O) groups is 3. The van der Waals surface area contributed by atoms with Crippen molar-refractivity contribution < 1.29 is 14.4 Å². The lowest BCUT2D eigenvalue weighted by Gasteiger charge is -2.18. The Kier molecular flexibility index (Phi) is 4.71. The summed E-state index contributed by atoms with van der Waals surface area (Å²) < 4.78 is 0. The average Bonchev–Trinajstić information content (AvgIpc) is 3.27. The van der Waals surface area contributed by atoms with Crippen molar-refractivity contribution in [1.29, 1.82) is 0 Å². The maximum Gasteiger partial charge on any atom is 0.238 e. The zero-order chi connectivity index (χ0) is 15.3. The third kappa shape index (κ3) is 2.68. The van der Waals surface area contributed by atoms with Gasteiger partial charge in [0.15, 0.2) is 0 Å². The van der Waals surface area contributed by atoms with Gasteiger partial charge in [0, 0.05) is 24.7 Å². The van der Waals surface area contributed by atoms with Gasteiger partial charge in [-0.1, -0.05) is 12.2 Å². The van der Waals surface area contributed by atoms with E-state index >= 15 is 0 Å². The molecule has 2 aliphatic heterocycles. The molecule has 6 nitrogen and oxygen atoms in total. The van der Waals surface area contributed by atoms with Crippen molar-refractivity contribution >= 4 is 41.9 Å². The molecule has 8 heteroatoms. The van der Waals surface area contributed by atoms with E-state index in [0.717, 1.165) is 18.1 Å². The van der Waals surface area contributed by atoms with Crippen LogP contribution in [-0.2, 0) is 14.4 Å². The van der Waals surface area contributed by atoms with Crippen molar-refractivity contribution in [2.24, 2.45) is 23.7 Å². The van der Waals surface area contributed by atoms with Gasteiger partial charge in [0.25, 0.3) is 0 Å². The van der Waals surface area contributed by atoms with Gasteiger partial charge in [-0.15, -0.1) is 24.2 Å². The molecule has 4 rings (SSSR count). The van der Waals surface area contributed by atoms with Crippen LogP contribution in [0.4, 0.5) is 0 Å². The topological polar surface area (TPSA) is 78.5 Å². The molecule has 2 bridgehead atoms. The Bertz CT molecular complexity index is 534. The predicted octanol–water partition coefficient (Wildman–Crippen LogP) is -0.00600. The molecule has 4 aliphatic rings. The zero-order valence-electron chi connectivity index (χ0n) is 12.6. The summed E-state index contributed by atoms with van der Waals surface area (Å²) in [6, 6.07) is -0.158. The molecular formula is C15H20ClN3O3S. The summed E-state index contributed by atoms with van der Waals surface area (Å²) in [6.45, 7) is 0.622. The highest BCUT2D eigenvalue weighted by molar-refractivity contribution is 7.99. The number of carbonyl (C=O) groups excluding carboxylic acids is 3. The minimum atomic E-state index is -0.158. The fraction of sp³-hybridized carbons (Fsp3) is 0.667. The number of amides is 3. The highest BCUT2D eigenvalue weighted by atomic mass is 35.5. The molecule has 0 spiro atoms. The Labute approximate surface area is 145 Å². The van der Waals surface area contributed by atoms with Crippen LogP contribution >= 0.6 is 24.2 Å². The highest BCUT2D eigenvalue weighted by Crippen LogP contribution is 2.52. The fourth-order valence-corrected chi connectivity index (χ4v) is 5.10. The molecule has 0 aromatic heterocycles. The SMILES string of the molecule is Cl.O=C(NCCN1C(=O)C2C3C=CC(C3)C2C1=O)C1CSCN1. The number of thioether (sulfide) groups is 1. The summed E-state index contributed by atoms with van der Waals surface area (Å²) in [5, 5.41) is 5.92. The average molecular weight is 358 g/mol. The second-order valence-corrected chi connectivity index (χ2v) is 7.42. The van der Waals surface area contributed by atoms with Crippen molar-refractivity contribution in [1.82, 2.24) is 15.5 Å². The number of imide groups is 1. The second kappa shape index (κ2) is 6.45. The first kappa shape index (κ1) is 16.8. The number of fused-ring (bicyclic) bond motifs is 5. The first-order valence-corrected chi connectivity index (χ1v) is 8.94. The third-order valence-electron chi connectivity index (χ3n) is 5.23. The van der Waals surface area contributed by atoms with E-state index in [1.807, 2.05) is 0 Å². The van der Waals surface area contributed by atoms with Gasteiger partial charge in [-0.05, 0) is 18.3 Å². The molecule has 2 N–H and O–H groups in total. The van der Waals surface area contributed by atoms with Gasteiger partial charge < -0.3 is 5.32 Å². The van der Waals surface area contributed by atoms with Crippen LogP contribution in [0.3, 0.4) is 0 Å². The summed E-state index contributed by atoms with van der Waals surface area (Å²) in [4.78, 5) is 38.2. The standard InChI is InChI=1S/C15H19N3O3S.ClH/c19-13(10-6-22-7-17-10)16-3-4-18-14(20)11-8-1-2-9(5-8)12(11)15(18)21;/h1-2,8-12,17H,3-7H2,(H,16,19);1H. The smallest absolute Gasteiger partial charge is 0.238 e. The lowest BCUT2D eigenvalue weighted by atomic mass is 9.85. The molecular weight excluding hydrogens is 338 g/mol. The monoisotopic (exact) mass is 357 g/mol. The van der Waals surface area contributed by atoms with Crippen LogP contribution in [0.1, 0.15) is 6.42 Å². The normalized spacial score (nSPS) is 37.2. The fourth-order valence-electron chi connectivity index (χ4n) is 4.16. The van der Waals surface area contributed by atoms with Gasteiger partial charge in [0.1, 0.15) is 0 Å². The van der Waals surface area contributed by atoms with Crippen LogP contribution in [-0.4, -0.2) is 53.4 Å². The lowest BCUT2D eigenvalue weighted by Crippen LogP contribution is -2.45. The molecule has 5 atom stereocenters. The van der Waals surface area contributed by atoms with Crippen LogP contribution in [0.5, 0.6) is 0 Å². The van der Waals surface area contributed by atoms with Crippen LogP contribution in [0.15, 0.2) is 12.2 Å². The van der Waals surface area contributed by atoms with Crippen LogP contribution in [0.25, 0.3) is 0 Å². The van der Waals surface area contributed by atoms with E-state index in [9.17, 15) is 14.4 Å². The van der Waals surface area contributed by atoms with Gasteiger partial charge in [0.2, 0.25) is 17.7 Å². The number of hydrogen-bond donors (Lipinski definition) is 2. The summed E-state index contributed by atoms with van der Waals surface area (Å²) in [5.41, 5.74) is 0. The third-order valence-corrected chi connectivity index (χ3v) is 6.17. The van der Waals surface area contributed by atoms with E-state index in [4.69, 9.17) is 0 Å². The maximum absolute atomic E-state index is 12.5. The molecule has 2 heterocycles. The van der Waals surface area contributed by atoms with Crippen LogP contribution in [0, 0.1) is 23.7 Å². The minimum Gasteiger partial charge on any atom is -0.353 e. The van der Waals surface area contributed by atoms with E-state index in [0.29, 0.717) is 6.54 Å². The first-order chi connectivity index (χ1) is 10.7. The molecule has 23 heavy (non-hydrogen) atoms. The van der Waals surface area contributed by atoms with Crippen molar-refractivity contribution in [3.8, 4) is 0 Å². The van der Waals surface area contributed by atoms with Crippen molar-refractivity contribution in [3.05, 3.63) is 12.2 Å². The Balaban J connectivity index is 0.00000156. The number of rotatable bonds is 4. The largest absolute Gasteiger partial charge is 0.353 e. The summed E-state index contributed by atoms with van der Waals surface area (Å²) >= 11 is 1.69. The molecule has 3 fully saturated rings.